The number of anilines is 1. The highest BCUT2D eigenvalue weighted by Crippen LogP contribution is 2.43. The molecule has 5 rings (SSSR count). The number of aliphatic hydroxyl groups is 1. The van der Waals surface area contributed by atoms with Gasteiger partial charge < -0.3 is 19.3 Å². The monoisotopic (exact) mass is 400 g/mol. The number of halogens is 1. The third-order valence-electron chi connectivity index (χ3n) is 6.42. The second kappa shape index (κ2) is 6.83. The van der Waals surface area contributed by atoms with E-state index in [1.54, 1.807) is 13.1 Å². The van der Waals surface area contributed by atoms with E-state index >= 15 is 4.39 Å². The van der Waals surface area contributed by atoms with Gasteiger partial charge in [-0.1, -0.05) is 0 Å². The van der Waals surface area contributed by atoms with Crippen LogP contribution in [0.15, 0.2) is 17.1 Å². The van der Waals surface area contributed by atoms with E-state index in [0.717, 1.165) is 36.8 Å². The van der Waals surface area contributed by atoms with Crippen molar-refractivity contribution in [2.45, 2.75) is 63.6 Å². The van der Waals surface area contributed by atoms with E-state index in [9.17, 15) is 14.7 Å². The highest BCUT2D eigenvalue weighted by molar-refractivity contribution is 5.96. The number of rotatable bonds is 3. The molecule has 1 aromatic carbocycles. The van der Waals surface area contributed by atoms with Crippen molar-refractivity contribution in [3.05, 3.63) is 39.4 Å². The Morgan fingerprint density at radius 2 is 2.10 bits per heavy atom. The zero-order valence-electron chi connectivity index (χ0n) is 16.5. The van der Waals surface area contributed by atoms with Gasteiger partial charge in [0.2, 0.25) is 5.43 Å². The van der Waals surface area contributed by atoms with Gasteiger partial charge in [-0.15, -0.1) is 0 Å². The highest BCUT2D eigenvalue weighted by Gasteiger charge is 2.37. The molecule has 3 heterocycles. The molecule has 1 saturated heterocycles. The lowest BCUT2D eigenvalue weighted by Gasteiger charge is -2.27. The lowest BCUT2D eigenvalue weighted by Crippen LogP contribution is -2.30. The zero-order chi connectivity index (χ0) is 20.3. The normalized spacial score (nSPS) is 23.6. The van der Waals surface area contributed by atoms with Gasteiger partial charge in [0.25, 0.3) is 0 Å². The molecule has 0 amide bonds. The third kappa shape index (κ3) is 2.94. The van der Waals surface area contributed by atoms with Crippen LogP contribution in [0.25, 0.3) is 10.9 Å². The number of carbonyl (C=O) groups is 1. The van der Waals surface area contributed by atoms with Gasteiger partial charge in [0, 0.05) is 35.8 Å². The third-order valence-corrected chi connectivity index (χ3v) is 6.42. The molecule has 1 saturated carbocycles. The molecular formula is C22H25FN2O4. The molecule has 2 aromatic rings. The fourth-order valence-corrected chi connectivity index (χ4v) is 5.05. The SMILES string of the molecule is CCOC(=O)c1cn(C2CC2)c2c3c(c(F)cc2c1=O)N1C[C@H](O)C[C@H]1CCC3. The Bertz CT molecular complexity index is 1060. The number of benzene rings is 1. The molecule has 3 aliphatic rings. The summed E-state index contributed by atoms with van der Waals surface area (Å²) in [6.07, 6.45) is 6.18. The molecule has 1 aromatic heterocycles. The quantitative estimate of drug-likeness (QED) is 0.802. The molecule has 1 N–H and O–H groups in total. The highest BCUT2D eigenvalue weighted by atomic mass is 19.1. The Hall–Kier alpha value is -2.41. The number of fused-ring (bicyclic) bond motifs is 5. The maximum absolute atomic E-state index is 15.4. The van der Waals surface area contributed by atoms with Crippen molar-refractivity contribution < 1.29 is 19.0 Å². The summed E-state index contributed by atoms with van der Waals surface area (Å²) < 4.78 is 22.4. The Labute approximate surface area is 167 Å². The minimum absolute atomic E-state index is 0.0336. The topological polar surface area (TPSA) is 71.8 Å². The van der Waals surface area contributed by atoms with E-state index < -0.39 is 23.3 Å². The molecule has 29 heavy (non-hydrogen) atoms. The molecule has 7 heteroatoms. The van der Waals surface area contributed by atoms with Crippen LogP contribution in [0.2, 0.25) is 0 Å². The largest absolute Gasteiger partial charge is 0.462 e. The molecule has 0 bridgehead atoms. The average molecular weight is 400 g/mol. The van der Waals surface area contributed by atoms with Gasteiger partial charge in [0.05, 0.1) is 23.9 Å². The first kappa shape index (κ1) is 18.6. The van der Waals surface area contributed by atoms with Gasteiger partial charge in [-0.3, -0.25) is 4.79 Å². The average Bonchev–Trinajstić information content (AvgIpc) is 3.47. The maximum Gasteiger partial charge on any atom is 0.343 e. The number of carbonyl (C=O) groups excluding carboxylic acids is 1. The Morgan fingerprint density at radius 3 is 2.83 bits per heavy atom. The van der Waals surface area contributed by atoms with Gasteiger partial charge in [-0.25, -0.2) is 9.18 Å². The summed E-state index contributed by atoms with van der Waals surface area (Å²) in [4.78, 5) is 27.5. The van der Waals surface area contributed by atoms with Crippen molar-refractivity contribution in [2.75, 3.05) is 18.1 Å². The van der Waals surface area contributed by atoms with E-state index in [4.69, 9.17) is 4.74 Å². The van der Waals surface area contributed by atoms with Crippen LogP contribution in [0.3, 0.4) is 0 Å². The van der Waals surface area contributed by atoms with Gasteiger partial charge in [-0.05, 0) is 51.5 Å². The minimum atomic E-state index is -0.660. The Morgan fingerprint density at radius 1 is 1.31 bits per heavy atom. The molecule has 0 spiro atoms. The number of aryl methyl sites for hydroxylation is 1. The van der Waals surface area contributed by atoms with Crippen LogP contribution in [0, 0.1) is 5.82 Å². The molecule has 0 radical (unpaired) electrons. The van der Waals surface area contributed by atoms with Gasteiger partial charge in [0.15, 0.2) is 0 Å². The molecule has 0 unspecified atom stereocenters. The van der Waals surface area contributed by atoms with Crippen molar-refractivity contribution in [1.82, 2.24) is 4.57 Å². The van der Waals surface area contributed by atoms with Crippen molar-refractivity contribution in [3.8, 4) is 0 Å². The van der Waals surface area contributed by atoms with Crippen LogP contribution < -0.4 is 10.3 Å². The predicted molar refractivity (Wildman–Crippen MR) is 107 cm³/mol. The standard InChI is InChI=1S/C22H25FN2O4/c1-2-29-22(28)17-11-25(12-6-7-12)19-15-5-3-4-13-8-14(26)10-24(13)20(15)18(23)9-16(19)21(17)27/h9,11-14,26H,2-8,10H2,1H3/t13-,14-/m1/s1. The first-order chi connectivity index (χ1) is 14.0. The number of esters is 1. The lowest BCUT2D eigenvalue weighted by molar-refractivity contribution is 0.0524. The van der Waals surface area contributed by atoms with E-state index in [-0.39, 0.29) is 29.6 Å². The van der Waals surface area contributed by atoms with Crippen LogP contribution in [-0.4, -0.2) is 40.9 Å². The van der Waals surface area contributed by atoms with Crippen molar-refractivity contribution in [3.63, 3.8) is 0 Å². The van der Waals surface area contributed by atoms with Crippen LogP contribution in [0.5, 0.6) is 0 Å². The van der Waals surface area contributed by atoms with Crippen LogP contribution in [-0.2, 0) is 11.2 Å². The van der Waals surface area contributed by atoms with Crippen molar-refractivity contribution in [2.24, 2.45) is 0 Å². The summed E-state index contributed by atoms with van der Waals surface area (Å²) in [6.45, 7) is 2.28. The summed E-state index contributed by atoms with van der Waals surface area (Å²) in [5.41, 5.74) is 1.59. The van der Waals surface area contributed by atoms with Crippen LogP contribution in [0.4, 0.5) is 10.1 Å². The van der Waals surface area contributed by atoms with Crippen LogP contribution >= 0.6 is 0 Å². The summed E-state index contributed by atoms with van der Waals surface area (Å²) in [7, 11) is 0. The van der Waals surface area contributed by atoms with Crippen LogP contribution in [0.1, 0.15) is 61.0 Å². The van der Waals surface area contributed by atoms with E-state index in [0.29, 0.717) is 25.1 Å². The fourth-order valence-electron chi connectivity index (χ4n) is 5.05. The maximum atomic E-state index is 15.4. The summed E-state index contributed by atoms with van der Waals surface area (Å²) in [6, 6.07) is 1.62. The second-order valence-electron chi connectivity index (χ2n) is 8.40. The van der Waals surface area contributed by atoms with Crippen molar-refractivity contribution in [1.29, 1.82) is 0 Å². The summed E-state index contributed by atoms with van der Waals surface area (Å²) >= 11 is 0. The molecule has 2 aliphatic heterocycles. The predicted octanol–water partition coefficient (Wildman–Crippen LogP) is 2.93. The fraction of sp³-hybridized carbons (Fsp3) is 0.545. The Kier molecular flexibility index (Phi) is 4.38. The first-order valence-electron chi connectivity index (χ1n) is 10.5. The number of ether oxygens (including phenoxy) is 1. The number of aliphatic hydroxyl groups excluding tert-OH is 1. The number of pyridine rings is 1. The summed E-state index contributed by atoms with van der Waals surface area (Å²) in [5.74, 6) is -1.11. The number of nitrogens with zero attached hydrogens (tertiary/aromatic N) is 2. The van der Waals surface area contributed by atoms with Gasteiger partial charge in [-0.2, -0.15) is 0 Å². The first-order valence-corrected chi connectivity index (χ1v) is 10.5. The Balaban J connectivity index is 1.80. The van der Waals surface area contributed by atoms with E-state index in [1.807, 2.05) is 9.47 Å². The second-order valence-corrected chi connectivity index (χ2v) is 8.40. The smallest absolute Gasteiger partial charge is 0.343 e. The van der Waals surface area contributed by atoms with E-state index in [2.05, 4.69) is 0 Å². The molecule has 154 valence electrons. The lowest BCUT2D eigenvalue weighted by atomic mass is 9.99. The number of hydrogen-bond acceptors (Lipinski definition) is 5. The van der Waals surface area contributed by atoms with Crippen molar-refractivity contribution >= 4 is 22.6 Å². The molecule has 2 fully saturated rings. The number of aromatic nitrogens is 1. The number of hydrogen-bond donors (Lipinski definition) is 1. The molecule has 6 nitrogen and oxygen atoms in total. The van der Waals surface area contributed by atoms with E-state index in [1.165, 1.54) is 6.07 Å². The molecule has 2 atom stereocenters. The van der Waals surface area contributed by atoms with Gasteiger partial charge in [0.1, 0.15) is 11.4 Å². The van der Waals surface area contributed by atoms with Gasteiger partial charge >= 0.3 is 5.97 Å². The minimum Gasteiger partial charge on any atom is -0.462 e. The zero-order valence-corrected chi connectivity index (χ0v) is 16.5. The summed E-state index contributed by atoms with van der Waals surface area (Å²) in [5, 5.41) is 10.4. The molecular weight excluding hydrogens is 375 g/mol. The molecule has 1 aliphatic carbocycles.